The first-order valence-electron chi connectivity index (χ1n) is 5.21. The van der Waals surface area contributed by atoms with E-state index in [1.54, 1.807) is 12.3 Å². The summed E-state index contributed by atoms with van der Waals surface area (Å²) in [5.41, 5.74) is -0.273. The van der Waals surface area contributed by atoms with Gasteiger partial charge in [-0.25, -0.2) is 9.97 Å². The first kappa shape index (κ1) is 11.0. The summed E-state index contributed by atoms with van der Waals surface area (Å²) in [5, 5.41) is 19.5. The van der Waals surface area contributed by atoms with Gasteiger partial charge in [0, 0.05) is 19.4 Å². The Morgan fingerprint density at radius 2 is 2.25 bits per heavy atom. The van der Waals surface area contributed by atoms with Gasteiger partial charge in [-0.05, 0) is 18.9 Å². The lowest BCUT2D eigenvalue weighted by Crippen LogP contribution is -2.34. The van der Waals surface area contributed by atoms with Crippen molar-refractivity contribution in [1.29, 1.82) is 5.26 Å². The topological polar surface area (TPSA) is 79.0 Å². The third-order valence-corrected chi connectivity index (χ3v) is 3.02. The standard InChI is InChI=1S/C11H13N3O2/c12-7-11(2-5-16-6-3-11)10(15)9-1-4-13-8-14-9/h1,4,8,10,15H,2-3,5-6H2. The molecule has 1 N–H and O–H groups in total. The van der Waals surface area contributed by atoms with Gasteiger partial charge in [-0.2, -0.15) is 5.26 Å². The number of nitriles is 1. The molecule has 1 fully saturated rings. The Bertz CT molecular complexity index is 382. The van der Waals surface area contributed by atoms with Crippen LogP contribution in [0.5, 0.6) is 0 Å². The Labute approximate surface area is 93.7 Å². The second-order valence-corrected chi connectivity index (χ2v) is 3.92. The van der Waals surface area contributed by atoms with Crippen molar-refractivity contribution in [2.24, 2.45) is 5.41 Å². The van der Waals surface area contributed by atoms with Crippen LogP contribution < -0.4 is 0 Å². The average molecular weight is 219 g/mol. The Morgan fingerprint density at radius 3 is 2.81 bits per heavy atom. The molecule has 5 nitrogen and oxygen atoms in total. The molecule has 0 amide bonds. The summed E-state index contributed by atoms with van der Waals surface area (Å²) in [6, 6.07) is 3.86. The number of ether oxygens (including phenoxy) is 1. The van der Waals surface area contributed by atoms with Crippen LogP contribution >= 0.6 is 0 Å². The van der Waals surface area contributed by atoms with E-state index in [-0.39, 0.29) is 0 Å². The average Bonchev–Trinajstić information content (AvgIpc) is 2.39. The SMILES string of the molecule is N#CC1(C(O)c2ccncn2)CCOCC1. The van der Waals surface area contributed by atoms with E-state index < -0.39 is 11.5 Å². The fourth-order valence-corrected chi connectivity index (χ4v) is 1.93. The van der Waals surface area contributed by atoms with Gasteiger partial charge in [0.15, 0.2) is 0 Å². The third kappa shape index (κ3) is 1.90. The molecule has 0 bridgehead atoms. The van der Waals surface area contributed by atoms with Gasteiger partial charge in [0.25, 0.3) is 0 Å². The fourth-order valence-electron chi connectivity index (χ4n) is 1.93. The van der Waals surface area contributed by atoms with Crippen molar-refractivity contribution in [3.05, 3.63) is 24.3 Å². The molecule has 1 aromatic rings. The summed E-state index contributed by atoms with van der Waals surface area (Å²) in [5.74, 6) is 0. The molecule has 84 valence electrons. The van der Waals surface area contributed by atoms with E-state index in [1.165, 1.54) is 6.33 Å². The highest BCUT2D eigenvalue weighted by Crippen LogP contribution is 2.41. The number of aliphatic hydroxyl groups is 1. The smallest absolute Gasteiger partial charge is 0.115 e. The molecule has 0 aromatic carbocycles. The van der Waals surface area contributed by atoms with Crippen LogP contribution in [0.1, 0.15) is 24.6 Å². The van der Waals surface area contributed by atoms with E-state index in [9.17, 15) is 10.4 Å². The molecular weight excluding hydrogens is 206 g/mol. The number of hydrogen-bond acceptors (Lipinski definition) is 5. The Kier molecular flexibility index (Phi) is 3.13. The number of nitrogens with zero attached hydrogens (tertiary/aromatic N) is 3. The first-order chi connectivity index (χ1) is 7.78. The number of hydrogen-bond donors (Lipinski definition) is 1. The van der Waals surface area contributed by atoms with Gasteiger partial charge in [0.2, 0.25) is 0 Å². The second-order valence-electron chi connectivity index (χ2n) is 3.92. The first-order valence-corrected chi connectivity index (χ1v) is 5.21. The van der Waals surface area contributed by atoms with Crippen molar-refractivity contribution in [1.82, 2.24) is 9.97 Å². The van der Waals surface area contributed by atoms with Crippen molar-refractivity contribution in [3.63, 3.8) is 0 Å². The molecule has 1 aliphatic rings. The maximum absolute atomic E-state index is 10.2. The maximum Gasteiger partial charge on any atom is 0.115 e. The van der Waals surface area contributed by atoms with Gasteiger partial charge in [-0.15, -0.1) is 0 Å². The summed E-state index contributed by atoms with van der Waals surface area (Å²) in [6.45, 7) is 1.02. The van der Waals surface area contributed by atoms with E-state index in [0.29, 0.717) is 31.7 Å². The zero-order chi connectivity index (χ0) is 11.4. The molecule has 2 rings (SSSR count). The predicted molar refractivity (Wildman–Crippen MR) is 55.1 cm³/mol. The van der Waals surface area contributed by atoms with Gasteiger partial charge in [-0.3, -0.25) is 0 Å². The molecule has 1 atom stereocenters. The molecule has 5 heteroatoms. The van der Waals surface area contributed by atoms with Crippen molar-refractivity contribution in [3.8, 4) is 6.07 Å². The highest BCUT2D eigenvalue weighted by atomic mass is 16.5. The van der Waals surface area contributed by atoms with E-state index in [2.05, 4.69) is 16.0 Å². The molecule has 1 aromatic heterocycles. The van der Waals surface area contributed by atoms with Crippen molar-refractivity contribution in [2.45, 2.75) is 18.9 Å². The van der Waals surface area contributed by atoms with Crippen LogP contribution in [-0.2, 0) is 4.74 Å². The highest BCUT2D eigenvalue weighted by Gasteiger charge is 2.41. The Hall–Kier alpha value is -1.51. The molecule has 2 heterocycles. The molecule has 1 unspecified atom stereocenters. The minimum absolute atomic E-state index is 0.499. The van der Waals surface area contributed by atoms with Gasteiger partial charge in [-0.1, -0.05) is 0 Å². The molecule has 1 aliphatic heterocycles. The van der Waals surface area contributed by atoms with E-state index >= 15 is 0 Å². The van der Waals surface area contributed by atoms with E-state index in [1.807, 2.05) is 0 Å². The molecule has 16 heavy (non-hydrogen) atoms. The van der Waals surface area contributed by atoms with E-state index in [0.717, 1.165) is 0 Å². The zero-order valence-corrected chi connectivity index (χ0v) is 8.83. The van der Waals surface area contributed by atoms with Gasteiger partial charge < -0.3 is 9.84 Å². The van der Waals surface area contributed by atoms with Gasteiger partial charge in [0.1, 0.15) is 12.4 Å². The van der Waals surface area contributed by atoms with Crippen LogP contribution in [-0.4, -0.2) is 28.3 Å². The largest absolute Gasteiger partial charge is 0.385 e. The van der Waals surface area contributed by atoms with Crippen molar-refractivity contribution >= 4 is 0 Å². The lowest BCUT2D eigenvalue weighted by atomic mass is 9.75. The van der Waals surface area contributed by atoms with Gasteiger partial charge >= 0.3 is 0 Å². The van der Waals surface area contributed by atoms with E-state index in [4.69, 9.17) is 4.74 Å². The number of aliphatic hydroxyl groups excluding tert-OH is 1. The molecule has 0 aliphatic carbocycles. The lowest BCUT2D eigenvalue weighted by molar-refractivity contribution is -0.0327. The molecule has 0 spiro atoms. The summed E-state index contributed by atoms with van der Waals surface area (Å²) in [6.07, 6.45) is 3.15. The zero-order valence-electron chi connectivity index (χ0n) is 8.83. The van der Waals surface area contributed by atoms with Crippen LogP contribution in [0.2, 0.25) is 0 Å². The third-order valence-electron chi connectivity index (χ3n) is 3.02. The monoisotopic (exact) mass is 219 g/mol. The van der Waals surface area contributed by atoms with Crippen LogP contribution in [0.3, 0.4) is 0 Å². The lowest BCUT2D eigenvalue weighted by Gasteiger charge is -2.34. The number of rotatable bonds is 2. The fraction of sp³-hybridized carbons (Fsp3) is 0.545. The summed E-state index contributed by atoms with van der Waals surface area (Å²) in [4.78, 5) is 7.79. The molecular formula is C11H13N3O2. The normalized spacial score (nSPS) is 21.0. The molecule has 0 radical (unpaired) electrons. The van der Waals surface area contributed by atoms with Crippen LogP contribution in [0.15, 0.2) is 18.6 Å². The Balaban J connectivity index is 2.25. The minimum Gasteiger partial charge on any atom is -0.385 e. The summed E-state index contributed by atoms with van der Waals surface area (Å²) >= 11 is 0. The molecule has 0 saturated carbocycles. The van der Waals surface area contributed by atoms with Crippen molar-refractivity contribution in [2.75, 3.05) is 13.2 Å². The highest BCUT2D eigenvalue weighted by molar-refractivity contribution is 5.14. The molecule has 1 saturated heterocycles. The summed E-state index contributed by atoms with van der Waals surface area (Å²) in [7, 11) is 0. The van der Waals surface area contributed by atoms with Gasteiger partial charge in [0.05, 0.1) is 17.2 Å². The van der Waals surface area contributed by atoms with Crippen LogP contribution in [0, 0.1) is 16.7 Å². The van der Waals surface area contributed by atoms with Crippen LogP contribution in [0.25, 0.3) is 0 Å². The van der Waals surface area contributed by atoms with Crippen molar-refractivity contribution < 1.29 is 9.84 Å². The van der Waals surface area contributed by atoms with Crippen LogP contribution in [0.4, 0.5) is 0 Å². The maximum atomic E-state index is 10.2. The number of aromatic nitrogens is 2. The predicted octanol–water partition coefficient (Wildman–Crippen LogP) is 0.830. The summed E-state index contributed by atoms with van der Waals surface area (Å²) < 4.78 is 5.22. The quantitative estimate of drug-likeness (QED) is 0.797. The Morgan fingerprint density at radius 1 is 1.50 bits per heavy atom. The minimum atomic E-state index is -0.871. The second kappa shape index (κ2) is 4.56.